The predicted molar refractivity (Wildman–Crippen MR) is 71.3 cm³/mol. The average Bonchev–Trinajstić information content (AvgIpc) is 2.40. The van der Waals surface area contributed by atoms with Gasteiger partial charge in [-0.2, -0.15) is 0 Å². The quantitative estimate of drug-likeness (QED) is 0.847. The van der Waals surface area contributed by atoms with Crippen molar-refractivity contribution in [1.82, 2.24) is 9.97 Å². The number of nitrogens with one attached hydrogen (secondary N) is 1. The van der Waals surface area contributed by atoms with Crippen LogP contribution in [0.4, 0.5) is 14.6 Å². The Balaban J connectivity index is 2.14. The van der Waals surface area contributed by atoms with E-state index < -0.39 is 11.6 Å². The summed E-state index contributed by atoms with van der Waals surface area (Å²) < 4.78 is 26.3. The van der Waals surface area contributed by atoms with Gasteiger partial charge in [-0.15, -0.1) is 0 Å². The molecule has 1 N–H and O–H groups in total. The summed E-state index contributed by atoms with van der Waals surface area (Å²) in [4.78, 5) is 8.46. The summed E-state index contributed by atoms with van der Waals surface area (Å²) in [6.45, 7) is 2.86. The second-order valence-corrected chi connectivity index (χ2v) is 4.91. The molecule has 0 saturated carbocycles. The fraction of sp³-hybridized carbons (Fsp3) is 0.231. The van der Waals surface area contributed by atoms with Crippen LogP contribution in [0.25, 0.3) is 0 Å². The van der Waals surface area contributed by atoms with Gasteiger partial charge in [0.25, 0.3) is 0 Å². The standard InChI is InChI=1S/C13H13F2N3S/c1-2-5-16-12-7-13(18-8-17-12)19-11-4-3-9(14)6-10(11)15/h3-4,6-8H,2,5H2,1H3,(H,16,17,18). The van der Waals surface area contributed by atoms with Crippen LogP contribution in [0.15, 0.2) is 40.5 Å². The van der Waals surface area contributed by atoms with Gasteiger partial charge < -0.3 is 5.32 Å². The van der Waals surface area contributed by atoms with E-state index in [-0.39, 0.29) is 0 Å². The van der Waals surface area contributed by atoms with Crippen molar-refractivity contribution >= 4 is 17.6 Å². The van der Waals surface area contributed by atoms with Crippen molar-refractivity contribution in [2.24, 2.45) is 0 Å². The first kappa shape index (κ1) is 13.7. The van der Waals surface area contributed by atoms with Gasteiger partial charge in [0.05, 0.1) is 0 Å². The number of nitrogens with zero attached hydrogens (tertiary/aromatic N) is 2. The van der Waals surface area contributed by atoms with Gasteiger partial charge in [0, 0.05) is 23.6 Å². The lowest BCUT2D eigenvalue weighted by molar-refractivity contribution is 0.565. The predicted octanol–water partition coefficient (Wildman–Crippen LogP) is 3.73. The summed E-state index contributed by atoms with van der Waals surface area (Å²) in [5.41, 5.74) is 0. The number of aromatic nitrogens is 2. The Bertz CT molecular complexity index is 563. The number of rotatable bonds is 5. The molecule has 0 fully saturated rings. The molecule has 2 aromatic rings. The number of hydrogen-bond acceptors (Lipinski definition) is 4. The zero-order valence-electron chi connectivity index (χ0n) is 10.4. The fourth-order valence-corrected chi connectivity index (χ4v) is 2.20. The molecule has 1 heterocycles. The molecule has 3 nitrogen and oxygen atoms in total. The Morgan fingerprint density at radius 3 is 2.79 bits per heavy atom. The molecule has 0 radical (unpaired) electrons. The van der Waals surface area contributed by atoms with Gasteiger partial charge in [0.1, 0.15) is 28.8 Å². The van der Waals surface area contributed by atoms with E-state index >= 15 is 0 Å². The van der Waals surface area contributed by atoms with Crippen LogP contribution < -0.4 is 5.32 Å². The summed E-state index contributed by atoms with van der Waals surface area (Å²) in [6.07, 6.45) is 2.40. The van der Waals surface area contributed by atoms with Gasteiger partial charge in [0.15, 0.2) is 0 Å². The highest BCUT2D eigenvalue weighted by molar-refractivity contribution is 7.99. The van der Waals surface area contributed by atoms with E-state index in [1.54, 1.807) is 6.07 Å². The number of anilines is 1. The first-order chi connectivity index (χ1) is 9.19. The molecule has 0 aliphatic heterocycles. The van der Waals surface area contributed by atoms with Gasteiger partial charge in [-0.05, 0) is 18.6 Å². The molecule has 6 heteroatoms. The van der Waals surface area contributed by atoms with Crippen LogP contribution in [0.2, 0.25) is 0 Å². The van der Waals surface area contributed by atoms with Crippen LogP contribution >= 0.6 is 11.8 Å². The van der Waals surface area contributed by atoms with Crippen molar-refractivity contribution in [3.8, 4) is 0 Å². The first-order valence-corrected chi connectivity index (χ1v) is 6.69. The third kappa shape index (κ3) is 3.89. The molecule has 0 amide bonds. The Morgan fingerprint density at radius 2 is 2.05 bits per heavy atom. The van der Waals surface area contributed by atoms with Crippen LogP contribution in [0.1, 0.15) is 13.3 Å². The zero-order valence-corrected chi connectivity index (χ0v) is 11.2. The monoisotopic (exact) mass is 281 g/mol. The summed E-state index contributed by atoms with van der Waals surface area (Å²) in [5.74, 6) is -0.483. The van der Waals surface area contributed by atoms with Crippen molar-refractivity contribution in [2.45, 2.75) is 23.3 Å². The third-order valence-electron chi connectivity index (χ3n) is 2.31. The fourth-order valence-electron chi connectivity index (χ4n) is 1.42. The van der Waals surface area contributed by atoms with Crippen LogP contribution in [0.5, 0.6) is 0 Å². The summed E-state index contributed by atoms with van der Waals surface area (Å²) in [7, 11) is 0. The Labute approximate surface area is 114 Å². The minimum Gasteiger partial charge on any atom is -0.370 e. The minimum absolute atomic E-state index is 0.335. The van der Waals surface area contributed by atoms with E-state index in [4.69, 9.17) is 0 Å². The van der Waals surface area contributed by atoms with E-state index in [1.165, 1.54) is 18.5 Å². The molecule has 1 aromatic carbocycles. The van der Waals surface area contributed by atoms with Gasteiger partial charge in [0.2, 0.25) is 0 Å². The van der Waals surface area contributed by atoms with Crippen LogP contribution in [-0.2, 0) is 0 Å². The Morgan fingerprint density at radius 1 is 1.21 bits per heavy atom. The summed E-state index contributed by atoms with van der Waals surface area (Å²) >= 11 is 1.14. The van der Waals surface area contributed by atoms with Crippen LogP contribution in [0.3, 0.4) is 0 Å². The molecule has 0 unspecified atom stereocenters. The highest BCUT2D eigenvalue weighted by atomic mass is 32.2. The molecule has 1 aromatic heterocycles. The van der Waals surface area contributed by atoms with E-state index in [1.807, 2.05) is 0 Å². The maximum absolute atomic E-state index is 13.5. The highest BCUT2D eigenvalue weighted by Gasteiger charge is 2.07. The second kappa shape index (κ2) is 6.47. The van der Waals surface area contributed by atoms with E-state index in [9.17, 15) is 8.78 Å². The largest absolute Gasteiger partial charge is 0.370 e. The molecule has 0 spiro atoms. The third-order valence-corrected chi connectivity index (χ3v) is 3.29. The Kier molecular flexibility index (Phi) is 4.68. The van der Waals surface area contributed by atoms with Gasteiger partial charge in [-0.25, -0.2) is 18.7 Å². The first-order valence-electron chi connectivity index (χ1n) is 5.88. The zero-order chi connectivity index (χ0) is 13.7. The topological polar surface area (TPSA) is 37.8 Å². The molecule has 0 saturated heterocycles. The lowest BCUT2D eigenvalue weighted by Crippen LogP contribution is -2.02. The molecule has 2 rings (SSSR count). The van der Waals surface area contributed by atoms with Gasteiger partial charge in [-0.1, -0.05) is 18.7 Å². The molecule has 0 atom stereocenters. The van der Waals surface area contributed by atoms with Gasteiger partial charge >= 0.3 is 0 Å². The lowest BCUT2D eigenvalue weighted by Gasteiger charge is -2.06. The molecule has 19 heavy (non-hydrogen) atoms. The minimum atomic E-state index is -0.591. The van der Waals surface area contributed by atoms with Crippen LogP contribution in [0, 0.1) is 11.6 Å². The maximum Gasteiger partial charge on any atom is 0.140 e. The molecular weight excluding hydrogens is 268 g/mol. The summed E-state index contributed by atoms with van der Waals surface area (Å²) in [6, 6.07) is 5.22. The number of hydrogen-bond donors (Lipinski definition) is 1. The molecular formula is C13H13F2N3S. The van der Waals surface area contributed by atoms with E-state index in [0.29, 0.717) is 15.7 Å². The van der Waals surface area contributed by atoms with Gasteiger partial charge in [-0.3, -0.25) is 0 Å². The van der Waals surface area contributed by atoms with E-state index in [2.05, 4.69) is 22.2 Å². The van der Waals surface area contributed by atoms with Crippen molar-refractivity contribution in [3.05, 3.63) is 42.2 Å². The van der Waals surface area contributed by atoms with E-state index in [0.717, 1.165) is 30.8 Å². The number of halogens is 2. The summed E-state index contributed by atoms with van der Waals surface area (Å²) in [5, 5.41) is 3.74. The van der Waals surface area contributed by atoms with Crippen LogP contribution in [-0.4, -0.2) is 16.5 Å². The molecule has 0 bridgehead atoms. The SMILES string of the molecule is CCCNc1cc(Sc2ccc(F)cc2F)ncn1. The molecule has 0 aliphatic carbocycles. The smallest absolute Gasteiger partial charge is 0.140 e. The molecule has 100 valence electrons. The lowest BCUT2D eigenvalue weighted by atomic mass is 10.3. The average molecular weight is 281 g/mol. The normalized spacial score (nSPS) is 10.5. The van der Waals surface area contributed by atoms with Crippen molar-refractivity contribution in [1.29, 1.82) is 0 Å². The second-order valence-electron chi connectivity index (χ2n) is 3.85. The maximum atomic E-state index is 13.5. The van der Waals surface area contributed by atoms with Crippen molar-refractivity contribution in [3.63, 3.8) is 0 Å². The number of benzene rings is 1. The Hall–Kier alpha value is -1.69. The van der Waals surface area contributed by atoms with Crippen molar-refractivity contribution < 1.29 is 8.78 Å². The highest BCUT2D eigenvalue weighted by Crippen LogP contribution is 2.29. The van der Waals surface area contributed by atoms with Crippen molar-refractivity contribution in [2.75, 3.05) is 11.9 Å². The molecule has 0 aliphatic rings.